The smallest absolute Gasteiger partial charge is 0.343 e. The molecule has 0 fully saturated rings. The van der Waals surface area contributed by atoms with Crippen molar-refractivity contribution in [1.82, 2.24) is 0 Å². The summed E-state index contributed by atoms with van der Waals surface area (Å²) in [6, 6.07) is 24.5. The average Bonchev–Trinajstić information content (AvgIpc) is 2.93. The highest BCUT2D eigenvalue weighted by Gasteiger charge is 2.23. The van der Waals surface area contributed by atoms with Gasteiger partial charge in [-0.15, -0.1) is 0 Å². The number of benzene rings is 4. The molecule has 180 valence electrons. The molecule has 0 amide bonds. The van der Waals surface area contributed by atoms with Gasteiger partial charge in [0.25, 0.3) is 0 Å². The number of fused-ring (bicyclic) bond motifs is 3. The molecular weight excluding hydrogens is 458 g/mol. The lowest BCUT2D eigenvalue weighted by Gasteiger charge is -2.23. The first kappa shape index (κ1) is 23.0. The maximum Gasteiger partial charge on any atom is 0.343 e. The molecule has 0 unspecified atom stereocenters. The van der Waals surface area contributed by atoms with E-state index in [4.69, 9.17) is 18.9 Å². The molecule has 7 heteroatoms. The van der Waals surface area contributed by atoms with E-state index in [1.54, 1.807) is 74.9 Å². The van der Waals surface area contributed by atoms with Crippen LogP contribution in [0.25, 0.3) is 11.1 Å². The highest BCUT2D eigenvalue weighted by molar-refractivity contribution is 5.94. The normalized spacial score (nSPS) is 11.4. The zero-order valence-electron chi connectivity index (χ0n) is 19.7. The number of rotatable bonds is 6. The van der Waals surface area contributed by atoms with Crippen molar-refractivity contribution in [2.24, 2.45) is 0 Å². The van der Waals surface area contributed by atoms with E-state index < -0.39 is 11.9 Å². The van der Waals surface area contributed by atoms with Crippen LogP contribution < -0.4 is 24.3 Å². The largest absolute Gasteiger partial charge is 0.497 e. The third-order valence-corrected chi connectivity index (χ3v) is 5.91. The zero-order valence-corrected chi connectivity index (χ0v) is 19.7. The number of hydrogen-bond acceptors (Lipinski definition) is 7. The number of ether oxygens (including phenoxy) is 4. The number of para-hydroxylation sites is 1. The Balaban J connectivity index is 1.51. The summed E-state index contributed by atoms with van der Waals surface area (Å²) in [7, 11) is 3.10. The number of nitrogens with one attached hydrogen (secondary N) is 1. The van der Waals surface area contributed by atoms with Crippen LogP contribution in [0.4, 0.5) is 5.69 Å². The molecule has 4 aromatic carbocycles. The first-order chi connectivity index (χ1) is 17.6. The van der Waals surface area contributed by atoms with E-state index in [2.05, 4.69) is 5.32 Å². The van der Waals surface area contributed by atoms with Crippen LogP contribution in [0.1, 0.15) is 26.3 Å². The number of methoxy groups -OCH3 is 2. The Morgan fingerprint density at radius 3 is 1.75 bits per heavy atom. The van der Waals surface area contributed by atoms with E-state index in [0.29, 0.717) is 29.2 Å². The predicted octanol–water partition coefficient (Wildman–Crippen LogP) is 5.73. The fourth-order valence-corrected chi connectivity index (χ4v) is 3.99. The number of hydrogen-bond donors (Lipinski definition) is 1. The van der Waals surface area contributed by atoms with E-state index in [9.17, 15) is 9.59 Å². The maximum absolute atomic E-state index is 13.0. The molecule has 0 saturated heterocycles. The van der Waals surface area contributed by atoms with Gasteiger partial charge in [0, 0.05) is 17.8 Å². The molecule has 0 saturated carbocycles. The van der Waals surface area contributed by atoms with Gasteiger partial charge in [-0.1, -0.05) is 18.2 Å². The number of carbonyl (C=O) groups is 2. The van der Waals surface area contributed by atoms with Crippen LogP contribution in [0.3, 0.4) is 0 Å². The summed E-state index contributed by atoms with van der Waals surface area (Å²) in [5, 5.41) is 3.37. The Kier molecular flexibility index (Phi) is 6.28. The molecule has 0 aliphatic carbocycles. The number of anilines is 1. The molecule has 36 heavy (non-hydrogen) atoms. The third kappa shape index (κ3) is 4.59. The summed E-state index contributed by atoms with van der Waals surface area (Å²) < 4.78 is 21.8. The van der Waals surface area contributed by atoms with Crippen LogP contribution in [0.5, 0.6) is 23.0 Å². The minimum absolute atomic E-state index is 0.146. The summed E-state index contributed by atoms with van der Waals surface area (Å²) >= 11 is 0. The van der Waals surface area contributed by atoms with E-state index in [0.717, 1.165) is 22.4 Å². The fraction of sp³-hybridized carbons (Fsp3) is 0.103. The van der Waals surface area contributed by atoms with Gasteiger partial charge in [-0.2, -0.15) is 0 Å². The quantitative estimate of drug-likeness (QED) is 0.278. The highest BCUT2D eigenvalue weighted by atomic mass is 16.6. The van der Waals surface area contributed by atoms with Crippen molar-refractivity contribution in [2.75, 3.05) is 19.5 Å². The van der Waals surface area contributed by atoms with Crippen LogP contribution in [0.15, 0.2) is 84.9 Å². The molecule has 0 aromatic heterocycles. The van der Waals surface area contributed by atoms with Crippen LogP contribution in [0.2, 0.25) is 0 Å². The molecule has 1 N–H and O–H groups in total. The average molecular weight is 482 g/mol. The lowest BCUT2D eigenvalue weighted by atomic mass is 9.94. The first-order valence-corrected chi connectivity index (χ1v) is 11.3. The summed E-state index contributed by atoms with van der Waals surface area (Å²) in [6.07, 6.45) is 0. The van der Waals surface area contributed by atoms with Crippen molar-refractivity contribution in [3.8, 4) is 34.1 Å². The van der Waals surface area contributed by atoms with Gasteiger partial charge in [-0.25, -0.2) is 9.59 Å². The van der Waals surface area contributed by atoms with Crippen LogP contribution in [0, 0.1) is 0 Å². The van der Waals surface area contributed by atoms with Crippen molar-refractivity contribution in [3.63, 3.8) is 0 Å². The molecule has 7 nitrogen and oxygen atoms in total. The summed E-state index contributed by atoms with van der Waals surface area (Å²) in [5.74, 6) is 0.383. The Bertz CT molecular complexity index is 1430. The lowest BCUT2D eigenvalue weighted by molar-refractivity contribution is 0.0682. The molecule has 4 aromatic rings. The second-order valence-corrected chi connectivity index (χ2v) is 8.09. The SMILES string of the molecule is COc1ccc(C(=O)Oc2cc3c(cc2OC(=O)c2ccc(OC)cc2)-c2ccccc2NC3)cc1. The third-order valence-electron chi connectivity index (χ3n) is 5.91. The Morgan fingerprint density at radius 1 is 0.667 bits per heavy atom. The van der Waals surface area contributed by atoms with Gasteiger partial charge >= 0.3 is 11.9 Å². The second kappa shape index (κ2) is 9.84. The molecule has 0 radical (unpaired) electrons. The molecule has 5 rings (SSSR count). The molecular formula is C29H23NO6. The summed E-state index contributed by atoms with van der Waals surface area (Å²) in [5.41, 5.74) is 4.42. The Labute approximate surface area is 208 Å². The predicted molar refractivity (Wildman–Crippen MR) is 135 cm³/mol. The number of carbonyl (C=O) groups excluding carboxylic acids is 2. The topological polar surface area (TPSA) is 83.1 Å². The molecule has 0 bridgehead atoms. The van der Waals surface area contributed by atoms with E-state index in [1.807, 2.05) is 24.3 Å². The van der Waals surface area contributed by atoms with Gasteiger partial charge in [0.15, 0.2) is 11.5 Å². The minimum atomic E-state index is -0.582. The first-order valence-electron chi connectivity index (χ1n) is 11.3. The highest BCUT2D eigenvalue weighted by Crippen LogP contribution is 2.42. The van der Waals surface area contributed by atoms with Gasteiger partial charge in [0.2, 0.25) is 0 Å². The lowest BCUT2D eigenvalue weighted by Crippen LogP contribution is -2.15. The van der Waals surface area contributed by atoms with Gasteiger partial charge in [-0.3, -0.25) is 0 Å². The standard InChI is InChI=1S/C29H23NO6/c1-33-21-11-7-18(8-12-21)28(31)35-26-15-20-17-30-25-6-4-3-5-23(25)24(20)16-27(26)36-29(32)19-9-13-22(34-2)14-10-19/h3-16,30H,17H2,1-2H3. The van der Waals surface area contributed by atoms with Gasteiger partial charge in [0.1, 0.15) is 11.5 Å². The number of esters is 2. The van der Waals surface area contributed by atoms with Crippen LogP contribution in [-0.2, 0) is 6.54 Å². The van der Waals surface area contributed by atoms with Crippen molar-refractivity contribution in [2.45, 2.75) is 6.54 Å². The molecule has 1 heterocycles. The Morgan fingerprint density at radius 2 is 1.19 bits per heavy atom. The van der Waals surface area contributed by atoms with Crippen LogP contribution in [-0.4, -0.2) is 26.2 Å². The summed E-state index contributed by atoms with van der Waals surface area (Å²) in [6.45, 7) is 0.534. The zero-order chi connectivity index (χ0) is 25.1. The van der Waals surface area contributed by atoms with Gasteiger partial charge < -0.3 is 24.3 Å². The van der Waals surface area contributed by atoms with E-state index in [1.165, 1.54) is 0 Å². The molecule has 1 aliphatic heterocycles. The second-order valence-electron chi connectivity index (χ2n) is 8.09. The molecule has 0 atom stereocenters. The van der Waals surface area contributed by atoms with Crippen molar-refractivity contribution >= 4 is 17.6 Å². The van der Waals surface area contributed by atoms with Crippen molar-refractivity contribution in [1.29, 1.82) is 0 Å². The van der Waals surface area contributed by atoms with E-state index >= 15 is 0 Å². The summed E-state index contributed by atoms with van der Waals surface area (Å²) in [4.78, 5) is 25.9. The maximum atomic E-state index is 13.0. The minimum Gasteiger partial charge on any atom is -0.497 e. The fourth-order valence-electron chi connectivity index (χ4n) is 3.99. The van der Waals surface area contributed by atoms with Crippen molar-refractivity contribution in [3.05, 3.63) is 102 Å². The van der Waals surface area contributed by atoms with Gasteiger partial charge in [0.05, 0.1) is 25.3 Å². The molecule has 0 spiro atoms. The van der Waals surface area contributed by atoms with Crippen LogP contribution >= 0.6 is 0 Å². The van der Waals surface area contributed by atoms with Gasteiger partial charge in [-0.05, 0) is 77.9 Å². The monoisotopic (exact) mass is 481 g/mol. The van der Waals surface area contributed by atoms with E-state index in [-0.39, 0.29) is 11.5 Å². The Hall–Kier alpha value is -4.78. The van der Waals surface area contributed by atoms with Crippen molar-refractivity contribution < 1.29 is 28.5 Å². The molecule has 1 aliphatic rings.